The van der Waals surface area contributed by atoms with Crippen molar-refractivity contribution in [1.29, 1.82) is 0 Å². The number of primary sulfonamides is 1. The van der Waals surface area contributed by atoms with Gasteiger partial charge in [0.25, 0.3) is 5.91 Å². The van der Waals surface area contributed by atoms with E-state index >= 15 is 0 Å². The Morgan fingerprint density at radius 2 is 1.95 bits per heavy atom. The lowest BCUT2D eigenvalue weighted by molar-refractivity contribution is -0.135. The minimum Gasteiger partial charge on any atom is -0.352 e. The van der Waals surface area contributed by atoms with E-state index in [0.29, 0.717) is 0 Å². The minimum absolute atomic E-state index is 0.00534. The number of hydrogen-bond acceptors (Lipinski definition) is 3. The number of nitrogens with two attached hydrogens (primary N) is 1. The van der Waals surface area contributed by atoms with Gasteiger partial charge in [-0.1, -0.05) is 0 Å². The molecule has 1 aromatic carbocycles. The lowest BCUT2D eigenvalue weighted by Crippen LogP contribution is -2.26. The van der Waals surface area contributed by atoms with E-state index in [1.807, 2.05) is 0 Å². The van der Waals surface area contributed by atoms with E-state index in [-0.39, 0.29) is 27.9 Å². The number of alkyl halides is 3. The highest BCUT2D eigenvalue weighted by atomic mass is 79.9. The predicted molar refractivity (Wildman–Crippen MR) is 73.1 cm³/mol. The van der Waals surface area contributed by atoms with Crippen LogP contribution in [0.15, 0.2) is 27.6 Å². The van der Waals surface area contributed by atoms with Crippen molar-refractivity contribution in [3.8, 4) is 0 Å². The number of rotatable bonds is 5. The smallest absolute Gasteiger partial charge is 0.352 e. The molecule has 0 atom stereocenters. The maximum Gasteiger partial charge on any atom is 0.389 e. The molecule has 0 spiro atoms. The summed E-state index contributed by atoms with van der Waals surface area (Å²) in [6.07, 6.45) is -5.53. The molecule has 0 aliphatic rings. The Kier molecular flexibility index (Phi) is 5.76. The predicted octanol–water partition coefficient (Wildman–Crippen LogP) is 2.17. The highest BCUT2D eigenvalue weighted by Gasteiger charge is 2.26. The number of benzene rings is 1. The van der Waals surface area contributed by atoms with Crippen molar-refractivity contribution in [3.63, 3.8) is 0 Å². The quantitative estimate of drug-likeness (QED) is 0.757. The summed E-state index contributed by atoms with van der Waals surface area (Å²) in [4.78, 5) is 11.4. The van der Waals surface area contributed by atoms with Gasteiger partial charge in [0.15, 0.2) is 0 Å². The summed E-state index contributed by atoms with van der Waals surface area (Å²) in [7, 11) is -4.01. The number of nitrogens with one attached hydrogen (secondary N) is 1. The summed E-state index contributed by atoms with van der Waals surface area (Å²) in [6.45, 7) is -0.168. The first-order chi connectivity index (χ1) is 9.50. The van der Waals surface area contributed by atoms with Gasteiger partial charge in [-0.2, -0.15) is 13.2 Å². The molecule has 0 bridgehead atoms. The van der Waals surface area contributed by atoms with E-state index in [0.717, 1.165) is 6.07 Å². The molecular formula is C11H12BrF3N2O3S. The van der Waals surface area contributed by atoms with Crippen LogP contribution in [0, 0.1) is 0 Å². The second kappa shape index (κ2) is 6.75. The third kappa shape index (κ3) is 6.02. The number of hydrogen-bond donors (Lipinski definition) is 2. The molecule has 0 aliphatic heterocycles. The molecule has 10 heteroatoms. The van der Waals surface area contributed by atoms with Crippen molar-refractivity contribution in [3.05, 3.63) is 28.2 Å². The molecule has 0 aromatic heterocycles. The fourth-order valence-corrected chi connectivity index (χ4v) is 3.01. The third-order valence-electron chi connectivity index (χ3n) is 2.42. The lowest BCUT2D eigenvalue weighted by Gasteiger charge is -2.09. The Bertz CT molecular complexity index is 632. The van der Waals surface area contributed by atoms with Crippen LogP contribution in [0.5, 0.6) is 0 Å². The van der Waals surface area contributed by atoms with E-state index in [1.165, 1.54) is 12.1 Å². The molecular weight excluding hydrogens is 377 g/mol. The number of halogens is 4. The van der Waals surface area contributed by atoms with Gasteiger partial charge in [0.2, 0.25) is 10.0 Å². The van der Waals surface area contributed by atoms with Crippen molar-refractivity contribution in [1.82, 2.24) is 5.32 Å². The molecule has 0 radical (unpaired) electrons. The average molecular weight is 389 g/mol. The van der Waals surface area contributed by atoms with Crippen molar-refractivity contribution in [2.45, 2.75) is 23.9 Å². The maximum absolute atomic E-state index is 11.9. The van der Waals surface area contributed by atoms with Crippen LogP contribution in [0.25, 0.3) is 0 Å². The summed E-state index contributed by atoms with van der Waals surface area (Å²) in [5.74, 6) is -0.672. The van der Waals surface area contributed by atoms with Crippen molar-refractivity contribution in [2.24, 2.45) is 5.14 Å². The lowest BCUT2D eigenvalue weighted by atomic mass is 10.2. The van der Waals surface area contributed by atoms with Crippen LogP contribution in [0.1, 0.15) is 23.2 Å². The molecule has 1 aromatic rings. The van der Waals surface area contributed by atoms with Crippen molar-refractivity contribution < 1.29 is 26.4 Å². The third-order valence-corrected chi connectivity index (χ3v) is 4.33. The Morgan fingerprint density at radius 3 is 2.48 bits per heavy atom. The summed E-state index contributed by atoms with van der Waals surface area (Å²) in [5.41, 5.74) is -0.00534. The first-order valence-electron chi connectivity index (χ1n) is 5.68. The maximum atomic E-state index is 11.9. The molecule has 5 nitrogen and oxygen atoms in total. The minimum atomic E-state index is -4.27. The Hall–Kier alpha value is -1.13. The van der Waals surface area contributed by atoms with E-state index in [4.69, 9.17) is 5.14 Å². The van der Waals surface area contributed by atoms with E-state index < -0.39 is 28.5 Å². The highest BCUT2D eigenvalue weighted by Crippen LogP contribution is 2.22. The van der Waals surface area contributed by atoms with Crippen LogP contribution >= 0.6 is 15.9 Å². The second-order valence-corrected chi connectivity index (χ2v) is 6.55. The molecule has 118 valence electrons. The molecule has 0 aliphatic carbocycles. The number of amides is 1. The van der Waals surface area contributed by atoms with Crippen molar-refractivity contribution in [2.75, 3.05) is 6.54 Å². The highest BCUT2D eigenvalue weighted by molar-refractivity contribution is 9.10. The molecule has 0 fully saturated rings. The summed E-state index contributed by atoms with van der Waals surface area (Å²) < 4.78 is 58.6. The summed E-state index contributed by atoms with van der Waals surface area (Å²) >= 11 is 2.99. The van der Waals surface area contributed by atoms with E-state index in [9.17, 15) is 26.4 Å². The Morgan fingerprint density at radius 1 is 1.33 bits per heavy atom. The zero-order chi connectivity index (χ0) is 16.3. The molecule has 21 heavy (non-hydrogen) atoms. The topological polar surface area (TPSA) is 89.3 Å². The van der Waals surface area contributed by atoms with Crippen LogP contribution in [-0.4, -0.2) is 27.0 Å². The van der Waals surface area contributed by atoms with Gasteiger partial charge in [0.1, 0.15) is 0 Å². The molecule has 0 saturated heterocycles. The molecule has 0 saturated carbocycles. The van der Waals surface area contributed by atoms with Gasteiger partial charge < -0.3 is 5.32 Å². The number of carbonyl (C=O) groups is 1. The number of sulfonamides is 1. The van der Waals surface area contributed by atoms with Gasteiger partial charge in [-0.3, -0.25) is 4.79 Å². The largest absolute Gasteiger partial charge is 0.389 e. The average Bonchev–Trinajstić information content (AvgIpc) is 2.32. The first-order valence-corrected chi connectivity index (χ1v) is 8.02. The first kappa shape index (κ1) is 17.9. The fourth-order valence-electron chi connectivity index (χ4n) is 1.46. The molecule has 1 amide bonds. The van der Waals surface area contributed by atoms with Gasteiger partial charge in [-0.05, 0) is 40.5 Å². The van der Waals surface area contributed by atoms with Crippen LogP contribution in [0.3, 0.4) is 0 Å². The zero-order valence-corrected chi connectivity index (χ0v) is 13.0. The van der Waals surface area contributed by atoms with Crippen LogP contribution in [-0.2, 0) is 10.0 Å². The monoisotopic (exact) mass is 388 g/mol. The molecule has 1 rings (SSSR count). The Balaban J connectivity index is 2.72. The second-order valence-electron chi connectivity index (χ2n) is 4.16. The standard InChI is InChI=1S/C11H12BrF3N2O3S/c12-8-3-2-7(6-9(8)21(16,19)20)10(18)17-5-1-4-11(13,14)15/h2-3,6H,1,4-5H2,(H,17,18)(H2,16,19,20). The molecule has 0 heterocycles. The van der Waals surface area contributed by atoms with Gasteiger partial charge in [-0.25, -0.2) is 13.6 Å². The zero-order valence-electron chi connectivity index (χ0n) is 10.6. The van der Waals surface area contributed by atoms with E-state index in [1.54, 1.807) is 0 Å². The summed E-state index contributed by atoms with van der Waals surface area (Å²) in [5, 5.41) is 7.26. The van der Waals surface area contributed by atoms with Gasteiger partial charge in [0.05, 0.1) is 4.90 Å². The van der Waals surface area contributed by atoms with Crippen molar-refractivity contribution >= 4 is 31.9 Å². The van der Waals surface area contributed by atoms with Crippen LogP contribution < -0.4 is 10.5 Å². The van der Waals surface area contributed by atoms with E-state index in [2.05, 4.69) is 21.2 Å². The van der Waals surface area contributed by atoms with Crippen LogP contribution in [0.4, 0.5) is 13.2 Å². The summed E-state index contributed by atoms with van der Waals surface area (Å²) in [6, 6.07) is 3.71. The Labute approximate surface area is 127 Å². The molecule has 3 N–H and O–H groups in total. The van der Waals surface area contributed by atoms with Gasteiger partial charge >= 0.3 is 6.18 Å². The molecule has 0 unspecified atom stereocenters. The van der Waals surface area contributed by atoms with Gasteiger partial charge in [0, 0.05) is 23.0 Å². The van der Waals surface area contributed by atoms with Crippen LogP contribution in [0.2, 0.25) is 0 Å². The normalized spacial score (nSPS) is 12.2. The van der Waals surface area contributed by atoms with Gasteiger partial charge in [-0.15, -0.1) is 0 Å². The SMILES string of the molecule is NS(=O)(=O)c1cc(C(=O)NCCCC(F)(F)F)ccc1Br. The number of carbonyl (C=O) groups excluding carboxylic acids is 1. The fraction of sp³-hybridized carbons (Fsp3) is 0.364.